The second-order valence-corrected chi connectivity index (χ2v) is 7.13. The number of thiazole rings is 1. The van der Waals surface area contributed by atoms with Crippen molar-refractivity contribution in [1.29, 1.82) is 0 Å². The highest BCUT2D eigenvalue weighted by molar-refractivity contribution is 9.10. The van der Waals surface area contributed by atoms with E-state index in [1.165, 1.54) is 0 Å². The van der Waals surface area contributed by atoms with Crippen LogP contribution < -0.4 is 10.6 Å². The highest BCUT2D eigenvalue weighted by Gasteiger charge is 2.12. The smallest absolute Gasteiger partial charge is 0.291 e. The number of anilines is 1. The Bertz CT molecular complexity index is 935. The van der Waals surface area contributed by atoms with E-state index in [4.69, 9.17) is 4.42 Å². The molecule has 1 aromatic carbocycles. The number of rotatable bonds is 6. The summed E-state index contributed by atoms with van der Waals surface area (Å²) in [5.74, 6) is -0.433. The topological polar surface area (TPSA) is 84.2 Å². The van der Waals surface area contributed by atoms with Crippen molar-refractivity contribution < 1.29 is 14.0 Å². The number of aryl methyl sites for hydroxylation is 1. The maximum absolute atomic E-state index is 12.3. The van der Waals surface area contributed by atoms with Crippen LogP contribution in [-0.2, 0) is 13.0 Å². The SMILES string of the molecule is CCc1nc(CNC(=O)c2cccc(NC(=O)c3ccc(Br)o3)c2)cs1. The van der Waals surface area contributed by atoms with Gasteiger partial charge in [0.05, 0.1) is 17.2 Å². The number of amides is 2. The molecule has 0 atom stereocenters. The van der Waals surface area contributed by atoms with Crippen molar-refractivity contribution in [1.82, 2.24) is 10.3 Å². The molecule has 2 heterocycles. The quantitative estimate of drug-likeness (QED) is 0.608. The van der Waals surface area contributed by atoms with Gasteiger partial charge in [0.2, 0.25) is 0 Å². The molecule has 26 heavy (non-hydrogen) atoms. The van der Waals surface area contributed by atoms with Crippen molar-refractivity contribution in [3.8, 4) is 0 Å². The largest absolute Gasteiger partial charge is 0.444 e. The first-order valence-electron chi connectivity index (χ1n) is 7.93. The van der Waals surface area contributed by atoms with E-state index < -0.39 is 0 Å². The number of hydrogen-bond acceptors (Lipinski definition) is 5. The van der Waals surface area contributed by atoms with E-state index in [9.17, 15) is 9.59 Å². The third-order valence-corrected chi connectivity index (χ3v) is 4.98. The molecule has 0 fully saturated rings. The second-order valence-electron chi connectivity index (χ2n) is 5.41. The van der Waals surface area contributed by atoms with Gasteiger partial charge in [0.15, 0.2) is 10.4 Å². The minimum Gasteiger partial charge on any atom is -0.444 e. The molecule has 0 spiro atoms. The van der Waals surface area contributed by atoms with Crippen molar-refractivity contribution in [2.75, 3.05) is 5.32 Å². The fraction of sp³-hybridized carbons (Fsp3) is 0.167. The Labute approximate surface area is 162 Å². The standard InChI is InChI=1S/C18H16BrN3O3S/c1-2-16-21-13(10-26-16)9-20-17(23)11-4-3-5-12(8-11)22-18(24)14-6-7-15(19)25-14/h3-8,10H,2,9H2,1H3,(H,20,23)(H,22,24). The number of carbonyl (C=O) groups excluding carboxylic acids is 2. The van der Waals surface area contributed by atoms with Gasteiger partial charge in [-0.15, -0.1) is 11.3 Å². The van der Waals surface area contributed by atoms with Crippen LogP contribution in [0.5, 0.6) is 0 Å². The summed E-state index contributed by atoms with van der Waals surface area (Å²) < 4.78 is 5.69. The Morgan fingerprint density at radius 1 is 1.23 bits per heavy atom. The lowest BCUT2D eigenvalue weighted by molar-refractivity contribution is 0.0948. The van der Waals surface area contributed by atoms with Crippen molar-refractivity contribution in [3.05, 3.63) is 68.5 Å². The predicted octanol–water partition coefficient (Wildman–Crippen LogP) is 4.24. The number of hydrogen-bond donors (Lipinski definition) is 2. The Kier molecular flexibility index (Phi) is 5.85. The van der Waals surface area contributed by atoms with Crippen LogP contribution in [-0.4, -0.2) is 16.8 Å². The zero-order chi connectivity index (χ0) is 18.5. The molecule has 2 N–H and O–H groups in total. The summed E-state index contributed by atoms with van der Waals surface area (Å²) in [6.07, 6.45) is 0.882. The summed E-state index contributed by atoms with van der Waals surface area (Å²) in [4.78, 5) is 28.9. The first-order valence-corrected chi connectivity index (χ1v) is 9.60. The van der Waals surface area contributed by atoms with Gasteiger partial charge in [0, 0.05) is 16.6 Å². The molecule has 8 heteroatoms. The van der Waals surface area contributed by atoms with E-state index in [0.29, 0.717) is 22.5 Å². The van der Waals surface area contributed by atoms with E-state index in [0.717, 1.165) is 17.1 Å². The van der Waals surface area contributed by atoms with Gasteiger partial charge in [-0.2, -0.15) is 0 Å². The van der Waals surface area contributed by atoms with Crippen molar-refractivity contribution in [2.45, 2.75) is 19.9 Å². The van der Waals surface area contributed by atoms with Crippen LogP contribution in [0.1, 0.15) is 38.5 Å². The zero-order valence-electron chi connectivity index (χ0n) is 13.9. The van der Waals surface area contributed by atoms with Crippen molar-refractivity contribution in [2.24, 2.45) is 0 Å². The van der Waals surface area contributed by atoms with Crippen LogP contribution in [0, 0.1) is 0 Å². The van der Waals surface area contributed by atoms with E-state index >= 15 is 0 Å². The van der Waals surface area contributed by atoms with Crippen LogP contribution in [0.25, 0.3) is 0 Å². The van der Waals surface area contributed by atoms with Gasteiger partial charge >= 0.3 is 0 Å². The molecule has 2 aromatic heterocycles. The van der Waals surface area contributed by atoms with E-state index in [1.807, 2.05) is 12.3 Å². The maximum Gasteiger partial charge on any atom is 0.291 e. The van der Waals surface area contributed by atoms with Gasteiger partial charge in [-0.25, -0.2) is 4.98 Å². The normalized spacial score (nSPS) is 10.5. The molecule has 6 nitrogen and oxygen atoms in total. The highest BCUT2D eigenvalue weighted by Crippen LogP contribution is 2.17. The summed E-state index contributed by atoms with van der Waals surface area (Å²) in [6.45, 7) is 2.41. The molecule has 0 unspecified atom stereocenters. The van der Waals surface area contributed by atoms with Crippen LogP contribution >= 0.6 is 27.3 Å². The average Bonchev–Trinajstić information content (AvgIpc) is 3.28. The minimum absolute atomic E-state index is 0.182. The monoisotopic (exact) mass is 433 g/mol. The van der Waals surface area contributed by atoms with Gasteiger partial charge < -0.3 is 15.1 Å². The van der Waals surface area contributed by atoms with E-state index in [2.05, 4.69) is 31.5 Å². The molecule has 0 bridgehead atoms. The molecule has 3 rings (SSSR count). The van der Waals surface area contributed by atoms with Gasteiger partial charge in [-0.1, -0.05) is 13.0 Å². The molecule has 2 amide bonds. The van der Waals surface area contributed by atoms with Gasteiger partial charge in [-0.05, 0) is 52.7 Å². The van der Waals surface area contributed by atoms with E-state index in [1.54, 1.807) is 47.7 Å². The summed E-state index contributed by atoms with van der Waals surface area (Å²) in [7, 11) is 0. The first kappa shape index (κ1) is 18.3. The Balaban J connectivity index is 1.62. The van der Waals surface area contributed by atoms with Crippen LogP contribution in [0.2, 0.25) is 0 Å². The molecule has 134 valence electrons. The number of nitrogens with zero attached hydrogens (tertiary/aromatic N) is 1. The highest BCUT2D eigenvalue weighted by atomic mass is 79.9. The molecule has 0 saturated heterocycles. The molecule has 0 radical (unpaired) electrons. The Morgan fingerprint density at radius 2 is 2.08 bits per heavy atom. The average molecular weight is 434 g/mol. The van der Waals surface area contributed by atoms with Gasteiger partial charge in [-0.3, -0.25) is 9.59 Å². The molecular weight excluding hydrogens is 418 g/mol. The number of benzene rings is 1. The summed E-state index contributed by atoms with van der Waals surface area (Å²) >= 11 is 4.74. The van der Waals surface area contributed by atoms with E-state index in [-0.39, 0.29) is 17.6 Å². The van der Waals surface area contributed by atoms with Crippen LogP contribution in [0.15, 0.2) is 50.9 Å². The van der Waals surface area contributed by atoms with Crippen molar-refractivity contribution >= 4 is 44.8 Å². The minimum atomic E-state index is -0.386. The summed E-state index contributed by atoms with van der Waals surface area (Å²) in [6, 6.07) is 9.92. The fourth-order valence-corrected chi connectivity index (χ4v) is 3.28. The lowest BCUT2D eigenvalue weighted by Crippen LogP contribution is -2.23. The Hall–Kier alpha value is -2.45. The van der Waals surface area contributed by atoms with Gasteiger partial charge in [0.25, 0.3) is 11.8 Å². The summed E-state index contributed by atoms with van der Waals surface area (Å²) in [5, 5.41) is 8.53. The number of halogens is 1. The molecule has 3 aromatic rings. The number of carbonyl (C=O) groups is 2. The fourth-order valence-electron chi connectivity index (χ4n) is 2.23. The third-order valence-electron chi connectivity index (χ3n) is 3.51. The molecule has 0 aliphatic heterocycles. The first-order chi connectivity index (χ1) is 12.5. The van der Waals surface area contributed by atoms with Crippen molar-refractivity contribution in [3.63, 3.8) is 0 Å². The maximum atomic E-state index is 12.3. The summed E-state index contributed by atoms with van der Waals surface area (Å²) in [5.41, 5.74) is 1.81. The predicted molar refractivity (Wildman–Crippen MR) is 103 cm³/mol. The van der Waals surface area contributed by atoms with Gasteiger partial charge in [0.1, 0.15) is 0 Å². The van der Waals surface area contributed by atoms with Crippen LogP contribution in [0.4, 0.5) is 5.69 Å². The molecule has 0 aliphatic carbocycles. The number of nitrogens with one attached hydrogen (secondary N) is 2. The van der Waals surface area contributed by atoms with Crippen LogP contribution in [0.3, 0.4) is 0 Å². The number of furan rings is 1. The lowest BCUT2D eigenvalue weighted by Gasteiger charge is -2.07. The zero-order valence-corrected chi connectivity index (χ0v) is 16.3. The Morgan fingerprint density at radius 3 is 2.77 bits per heavy atom. The number of aromatic nitrogens is 1. The third kappa shape index (κ3) is 4.59. The molecule has 0 aliphatic rings. The lowest BCUT2D eigenvalue weighted by atomic mass is 10.2. The molecular formula is C18H16BrN3O3S. The molecule has 0 saturated carbocycles. The second kappa shape index (κ2) is 8.29.